The van der Waals surface area contributed by atoms with Gasteiger partial charge in [0.05, 0.1) is 15.9 Å². The number of carbonyl (C=O) groups is 2. The quantitative estimate of drug-likeness (QED) is 0.816. The van der Waals surface area contributed by atoms with Gasteiger partial charge in [-0.2, -0.15) is 0 Å². The van der Waals surface area contributed by atoms with Crippen molar-refractivity contribution < 1.29 is 9.59 Å². The van der Waals surface area contributed by atoms with Gasteiger partial charge in [0.1, 0.15) is 5.88 Å². The molecule has 2 N–H and O–H groups in total. The number of carbonyl (C=O) groups excluding carboxylic acids is 2. The van der Waals surface area contributed by atoms with E-state index in [0.717, 1.165) is 0 Å². The summed E-state index contributed by atoms with van der Waals surface area (Å²) in [5.74, 6) is -0.846. The number of anilines is 1. The smallest absolute Gasteiger partial charge is 0.244 e. The van der Waals surface area contributed by atoms with Crippen LogP contribution >= 0.6 is 34.5 Å². The highest BCUT2D eigenvalue weighted by Crippen LogP contribution is 2.25. The SMILES string of the molecule is O=C(CCl)NCC(=O)Nc1ccc(Cl)s1. The third kappa shape index (κ3) is 4.51. The second kappa shape index (κ2) is 5.95. The van der Waals surface area contributed by atoms with Crippen molar-refractivity contribution in [2.45, 2.75) is 0 Å². The monoisotopic (exact) mass is 266 g/mol. The molecule has 7 heteroatoms. The van der Waals surface area contributed by atoms with Gasteiger partial charge in [0.15, 0.2) is 0 Å². The van der Waals surface area contributed by atoms with E-state index in [1.165, 1.54) is 11.3 Å². The molecule has 0 bridgehead atoms. The molecule has 1 aromatic rings. The van der Waals surface area contributed by atoms with Crippen LogP contribution in [-0.4, -0.2) is 24.2 Å². The van der Waals surface area contributed by atoms with Crippen LogP contribution in [0, 0.1) is 0 Å². The highest BCUT2D eigenvalue weighted by Gasteiger charge is 2.05. The highest BCUT2D eigenvalue weighted by atomic mass is 35.5. The van der Waals surface area contributed by atoms with Gasteiger partial charge in [-0.1, -0.05) is 11.6 Å². The number of thiophene rings is 1. The van der Waals surface area contributed by atoms with Crippen molar-refractivity contribution in [2.24, 2.45) is 0 Å². The molecule has 0 atom stereocenters. The van der Waals surface area contributed by atoms with Crippen LogP contribution in [0.5, 0.6) is 0 Å². The highest BCUT2D eigenvalue weighted by molar-refractivity contribution is 7.20. The molecule has 0 saturated carbocycles. The molecule has 0 aliphatic carbocycles. The van der Waals surface area contributed by atoms with E-state index >= 15 is 0 Å². The number of halogens is 2. The Labute approximate surface area is 101 Å². The summed E-state index contributed by atoms with van der Waals surface area (Å²) in [6.45, 7) is -0.0962. The van der Waals surface area contributed by atoms with Crippen LogP contribution in [-0.2, 0) is 9.59 Å². The van der Waals surface area contributed by atoms with Crippen molar-refractivity contribution in [1.82, 2.24) is 5.32 Å². The van der Waals surface area contributed by atoms with Gasteiger partial charge in [-0.15, -0.1) is 22.9 Å². The molecule has 82 valence electrons. The molecule has 0 radical (unpaired) electrons. The van der Waals surface area contributed by atoms with Crippen LogP contribution < -0.4 is 10.6 Å². The Balaban J connectivity index is 2.33. The Morgan fingerprint density at radius 2 is 2.07 bits per heavy atom. The van der Waals surface area contributed by atoms with Gasteiger partial charge in [0.25, 0.3) is 0 Å². The Kier molecular flexibility index (Phi) is 4.87. The number of hydrogen-bond donors (Lipinski definition) is 2. The summed E-state index contributed by atoms with van der Waals surface area (Å²) in [6, 6.07) is 3.37. The van der Waals surface area contributed by atoms with Gasteiger partial charge in [-0.05, 0) is 12.1 Å². The van der Waals surface area contributed by atoms with Gasteiger partial charge in [0.2, 0.25) is 11.8 Å². The molecule has 0 aliphatic heterocycles. The normalized spacial score (nSPS) is 9.73. The standard InChI is InChI=1S/C8H8Cl2N2O2S/c9-3-6(13)11-4-7(14)12-8-2-1-5(10)15-8/h1-2H,3-4H2,(H,11,13)(H,12,14). The maximum atomic E-state index is 11.2. The van der Waals surface area contributed by atoms with E-state index in [0.29, 0.717) is 9.34 Å². The Bertz CT molecular complexity index is 367. The van der Waals surface area contributed by atoms with Crippen LogP contribution in [0.15, 0.2) is 12.1 Å². The zero-order valence-corrected chi connectivity index (χ0v) is 9.88. The number of nitrogens with one attached hydrogen (secondary N) is 2. The lowest BCUT2D eigenvalue weighted by molar-refractivity contribution is -0.122. The Morgan fingerprint density at radius 1 is 1.33 bits per heavy atom. The lowest BCUT2D eigenvalue weighted by Crippen LogP contribution is -2.33. The Hall–Kier alpha value is -0.780. The van der Waals surface area contributed by atoms with Crippen molar-refractivity contribution in [1.29, 1.82) is 0 Å². The third-order valence-corrected chi connectivity index (χ3v) is 2.79. The molecule has 0 aliphatic rings. The molecule has 15 heavy (non-hydrogen) atoms. The third-order valence-electron chi connectivity index (χ3n) is 1.40. The minimum atomic E-state index is -0.379. The average Bonchev–Trinajstić information content (AvgIpc) is 2.60. The van der Waals surface area contributed by atoms with E-state index in [2.05, 4.69) is 10.6 Å². The predicted molar refractivity (Wildman–Crippen MR) is 61.7 cm³/mol. The molecule has 0 fully saturated rings. The zero-order chi connectivity index (χ0) is 11.3. The summed E-state index contributed by atoms with van der Waals surface area (Å²) in [6.07, 6.45) is 0. The summed E-state index contributed by atoms with van der Waals surface area (Å²) < 4.78 is 0.593. The van der Waals surface area contributed by atoms with Crippen LogP contribution in [0.25, 0.3) is 0 Å². The maximum Gasteiger partial charge on any atom is 0.244 e. The predicted octanol–water partition coefficient (Wildman–Crippen LogP) is 1.69. The van der Waals surface area contributed by atoms with Crippen molar-refractivity contribution in [2.75, 3.05) is 17.7 Å². The van der Waals surface area contributed by atoms with Crippen LogP contribution in [0.4, 0.5) is 5.00 Å². The fourth-order valence-corrected chi connectivity index (χ4v) is 1.84. The van der Waals surface area contributed by atoms with E-state index in [4.69, 9.17) is 23.2 Å². The minimum absolute atomic E-state index is 0.0962. The summed E-state index contributed by atoms with van der Waals surface area (Å²) in [7, 11) is 0. The molecule has 0 unspecified atom stereocenters. The van der Waals surface area contributed by atoms with Crippen LogP contribution in [0.1, 0.15) is 0 Å². The average molecular weight is 267 g/mol. The summed E-state index contributed by atoms with van der Waals surface area (Å²) in [5, 5.41) is 5.57. The fraction of sp³-hybridized carbons (Fsp3) is 0.250. The van der Waals surface area contributed by atoms with Crippen molar-refractivity contribution in [3.05, 3.63) is 16.5 Å². The fourth-order valence-electron chi connectivity index (χ4n) is 0.789. The second-order valence-electron chi connectivity index (χ2n) is 2.56. The van der Waals surface area contributed by atoms with Gasteiger partial charge in [-0.25, -0.2) is 0 Å². The second-order valence-corrected chi connectivity index (χ2v) is 4.54. The van der Waals surface area contributed by atoms with Gasteiger partial charge in [-0.3, -0.25) is 9.59 Å². The molecular formula is C8H8Cl2N2O2S. The molecule has 1 heterocycles. The molecule has 0 aromatic carbocycles. The molecule has 1 rings (SSSR count). The molecule has 2 amide bonds. The first kappa shape index (κ1) is 12.3. The first-order valence-corrected chi connectivity index (χ1v) is 5.72. The van der Waals surface area contributed by atoms with E-state index in [1.807, 2.05) is 0 Å². The Morgan fingerprint density at radius 3 is 2.60 bits per heavy atom. The van der Waals surface area contributed by atoms with E-state index in [9.17, 15) is 9.59 Å². The number of alkyl halides is 1. The number of hydrogen-bond acceptors (Lipinski definition) is 3. The molecule has 1 aromatic heterocycles. The van der Waals surface area contributed by atoms with E-state index in [1.54, 1.807) is 12.1 Å². The van der Waals surface area contributed by atoms with Crippen molar-refractivity contribution in [3.8, 4) is 0 Å². The van der Waals surface area contributed by atoms with Gasteiger partial charge >= 0.3 is 0 Å². The van der Waals surface area contributed by atoms with Gasteiger partial charge in [0, 0.05) is 0 Å². The van der Waals surface area contributed by atoms with E-state index < -0.39 is 0 Å². The first-order chi connectivity index (χ1) is 7.11. The minimum Gasteiger partial charge on any atom is -0.346 e. The van der Waals surface area contributed by atoms with Gasteiger partial charge < -0.3 is 10.6 Å². The van der Waals surface area contributed by atoms with Crippen molar-refractivity contribution in [3.63, 3.8) is 0 Å². The topological polar surface area (TPSA) is 58.2 Å². The summed E-state index contributed by atoms with van der Waals surface area (Å²) in [4.78, 5) is 22.0. The maximum absolute atomic E-state index is 11.2. The number of rotatable bonds is 4. The summed E-state index contributed by atoms with van der Waals surface area (Å²) in [5.41, 5.74) is 0. The lowest BCUT2D eigenvalue weighted by atomic mass is 10.5. The van der Waals surface area contributed by atoms with Crippen LogP contribution in [0.3, 0.4) is 0 Å². The van der Waals surface area contributed by atoms with Crippen molar-refractivity contribution >= 4 is 51.4 Å². The molecule has 0 saturated heterocycles. The lowest BCUT2D eigenvalue weighted by Gasteiger charge is -2.02. The van der Waals surface area contributed by atoms with E-state index in [-0.39, 0.29) is 24.2 Å². The molecule has 4 nitrogen and oxygen atoms in total. The molecular weight excluding hydrogens is 259 g/mol. The van der Waals surface area contributed by atoms with Crippen LogP contribution in [0.2, 0.25) is 4.34 Å². The zero-order valence-electron chi connectivity index (χ0n) is 7.55. The largest absolute Gasteiger partial charge is 0.346 e. The summed E-state index contributed by atoms with van der Waals surface area (Å²) >= 11 is 12.2. The molecule has 0 spiro atoms. The first-order valence-electron chi connectivity index (χ1n) is 3.99. The number of amides is 2.